The monoisotopic (exact) mass is 301 g/mol. The largest absolute Gasteiger partial charge is 0.378 e. The van der Waals surface area contributed by atoms with E-state index in [0.717, 1.165) is 31.6 Å². The third kappa shape index (κ3) is 4.31. The van der Waals surface area contributed by atoms with Gasteiger partial charge < -0.3 is 15.0 Å². The minimum absolute atomic E-state index is 0.192. The highest BCUT2D eigenvalue weighted by atomic mass is 32.2. The summed E-state index contributed by atoms with van der Waals surface area (Å²) in [6.45, 7) is 1.83. The average molecular weight is 301 g/mol. The Morgan fingerprint density at radius 2 is 2.30 bits per heavy atom. The predicted molar refractivity (Wildman–Crippen MR) is 77.0 cm³/mol. The van der Waals surface area contributed by atoms with Gasteiger partial charge in [0.15, 0.2) is 0 Å². The summed E-state index contributed by atoms with van der Waals surface area (Å²) < 4.78 is 32.4. The predicted octanol–water partition coefficient (Wildman–Crippen LogP) is 0.972. The molecule has 6 nitrogen and oxygen atoms in total. The molecule has 7 heteroatoms. The topological polar surface area (TPSA) is 83.2 Å². The number of aromatic amines is 1. The van der Waals surface area contributed by atoms with Crippen LogP contribution in [-0.2, 0) is 21.3 Å². The summed E-state index contributed by atoms with van der Waals surface area (Å²) in [7, 11) is -1.61. The van der Waals surface area contributed by atoms with Gasteiger partial charge in [-0.25, -0.2) is 13.1 Å². The van der Waals surface area contributed by atoms with Crippen molar-refractivity contribution < 1.29 is 13.2 Å². The summed E-state index contributed by atoms with van der Waals surface area (Å²) in [5, 5.41) is 2.97. The van der Waals surface area contributed by atoms with Crippen LogP contribution in [0.2, 0.25) is 0 Å². The van der Waals surface area contributed by atoms with Gasteiger partial charge in [-0.2, -0.15) is 0 Å². The van der Waals surface area contributed by atoms with Gasteiger partial charge in [-0.3, -0.25) is 0 Å². The van der Waals surface area contributed by atoms with E-state index in [4.69, 9.17) is 4.74 Å². The quantitative estimate of drug-likeness (QED) is 0.701. The fraction of sp³-hybridized carbons (Fsp3) is 0.692. The summed E-state index contributed by atoms with van der Waals surface area (Å²) in [4.78, 5) is 3.23. The smallest absolute Gasteiger partial charge is 0.242 e. The van der Waals surface area contributed by atoms with Gasteiger partial charge in [-0.1, -0.05) is 0 Å². The maximum absolute atomic E-state index is 12.1. The lowest BCUT2D eigenvalue weighted by Gasteiger charge is -2.22. The summed E-state index contributed by atoms with van der Waals surface area (Å²) in [6.07, 6.45) is 5.75. The zero-order valence-corrected chi connectivity index (χ0v) is 12.6. The van der Waals surface area contributed by atoms with Gasteiger partial charge in [-0.05, 0) is 38.8 Å². The van der Waals surface area contributed by atoms with Crippen LogP contribution >= 0.6 is 0 Å². The highest BCUT2D eigenvalue weighted by Gasteiger charge is 2.18. The number of sulfonamides is 1. The summed E-state index contributed by atoms with van der Waals surface area (Å²) in [6, 6.07) is 1.65. The molecule has 1 aromatic heterocycles. The van der Waals surface area contributed by atoms with Crippen molar-refractivity contribution in [3.05, 3.63) is 18.0 Å². The Morgan fingerprint density at radius 1 is 1.45 bits per heavy atom. The number of aromatic nitrogens is 1. The molecule has 2 rings (SSSR count). The highest BCUT2D eigenvalue weighted by Crippen LogP contribution is 2.16. The van der Waals surface area contributed by atoms with Crippen molar-refractivity contribution in [2.45, 2.75) is 43.2 Å². The molecule has 114 valence electrons. The van der Waals surface area contributed by atoms with E-state index in [9.17, 15) is 8.42 Å². The Kier molecular flexibility index (Phi) is 5.59. The van der Waals surface area contributed by atoms with Crippen LogP contribution in [0.5, 0.6) is 0 Å². The van der Waals surface area contributed by atoms with Crippen molar-refractivity contribution in [3.63, 3.8) is 0 Å². The van der Waals surface area contributed by atoms with E-state index in [-0.39, 0.29) is 11.0 Å². The zero-order chi connectivity index (χ0) is 14.4. The minimum Gasteiger partial charge on any atom is -0.378 e. The first-order valence-corrected chi connectivity index (χ1v) is 8.53. The second-order valence-corrected chi connectivity index (χ2v) is 6.83. The number of rotatable bonds is 7. The van der Waals surface area contributed by atoms with Crippen LogP contribution in [0.15, 0.2) is 17.2 Å². The molecule has 1 fully saturated rings. The number of hydrogen-bond acceptors (Lipinski definition) is 4. The zero-order valence-electron chi connectivity index (χ0n) is 11.8. The molecule has 1 aromatic rings. The Bertz CT molecular complexity index is 507. The third-order valence-electron chi connectivity index (χ3n) is 3.43. The molecule has 1 atom stereocenters. The van der Waals surface area contributed by atoms with Gasteiger partial charge in [-0.15, -0.1) is 0 Å². The lowest BCUT2D eigenvalue weighted by molar-refractivity contribution is 0.0123. The Labute approximate surface area is 120 Å². The maximum atomic E-state index is 12.1. The molecule has 0 radical (unpaired) electrons. The normalized spacial score (nSPS) is 20.1. The lowest BCUT2D eigenvalue weighted by atomic mass is 10.1. The van der Waals surface area contributed by atoms with Crippen molar-refractivity contribution in [1.29, 1.82) is 0 Å². The van der Waals surface area contributed by atoms with Gasteiger partial charge >= 0.3 is 0 Å². The molecule has 1 aliphatic heterocycles. The standard InChI is InChI=1S/C13H23N3O3S/c1-14-9-11-8-13(10-15-11)20(17,18)16-6-5-12-4-2-3-7-19-12/h8,10,12,14-16H,2-7,9H2,1H3. The van der Waals surface area contributed by atoms with Crippen LogP contribution < -0.4 is 10.0 Å². The summed E-state index contributed by atoms with van der Waals surface area (Å²) in [5.41, 5.74) is 0.850. The summed E-state index contributed by atoms with van der Waals surface area (Å²) >= 11 is 0. The first kappa shape index (κ1) is 15.5. The molecule has 0 amide bonds. The number of H-pyrrole nitrogens is 1. The van der Waals surface area contributed by atoms with E-state index in [1.165, 1.54) is 12.6 Å². The van der Waals surface area contributed by atoms with Crippen LogP contribution in [0.4, 0.5) is 0 Å². The maximum Gasteiger partial charge on any atom is 0.242 e. The molecule has 0 aliphatic carbocycles. The van der Waals surface area contributed by atoms with Crippen LogP contribution in [0.1, 0.15) is 31.4 Å². The molecule has 0 aromatic carbocycles. The Morgan fingerprint density at radius 3 is 3.00 bits per heavy atom. The molecule has 0 bridgehead atoms. The van der Waals surface area contributed by atoms with Crippen LogP contribution in [0.3, 0.4) is 0 Å². The molecular formula is C13H23N3O3S. The second kappa shape index (κ2) is 7.21. The van der Waals surface area contributed by atoms with Crippen molar-refractivity contribution in [3.8, 4) is 0 Å². The van der Waals surface area contributed by atoms with E-state index in [0.29, 0.717) is 13.1 Å². The fourth-order valence-corrected chi connectivity index (χ4v) is 3.40. The molecule has 0 spiro atoms. The van der Waals surface area contributed by atoms with Gasteiger partial charge in [0.05, 0.1) is 11.0 Å². The lowest BCUT2D eigenvalue weighted by Crippen LogP contribution is -2.29. The van der Waals surface area contributed by atoms with E-state index in [1.54, 1.807) is 6.07 Å². The fourth-order valence-electron chi connectivity index (χ4n) is 2.34. The molecule has 3 N–H and O–H groups in total. The average Bonchev–Trinajstić information content (AvgIpc) is 2.90. The van der Waals surface area contributed by atoms with Gasteiger partial charge in [0.1, 0.15) is 0 Å². The SMILES string of the molecule is CNCc1cc(S(=O)(=O)NCCC2CCCCO2)c[nH]1. The Hall–Kier alpha value is -0.890. The van der Waals surface area contributed by atoms with Crippen molar-refractivity contribution >= 4 is 10.0 Å². The van der Waals surface area contributed by atoms with Crippen LogP contribution in [-0.4, -0.2) is 39.7 Å². The van der Waals surface area contributed by atoms with Crippen LogP contribution in [0.25, 0.3) is 0 Å². The minimum atomic E-state index is -3.42. The number of ether oxygens (including phenoxy) is 1. The van der Waals surface area contributed by atoms with E-state index in [2.05, 4.69) is 15.0 Å². The van der Waals surface area contributed by atoms with Gasteiger partial charge in [0.2, 0.25) is 10.0 Å². The van der Waals surface area contributed by atoms with Crippen molar-refractivity contribution in [2.24, 2.45) is 0 Å². The summed E-state index contributed by atoms with van der Waals surface area (Å²) in [5.74, 6) is 0. The second-order valence-electron chi connectivity index (χ2n) is 5.07. The molecule has 1 aliphatic rings. The van der Waals surface area contributed by atoms with Crippen LogP contribution in [0, 0.1) is 0 Å². The first-order chi connectivity index (χ1) is 9.62. The first-order valence-electron chi connectivity index (χ1n) is 7.05. The van der Waals surface area contributed by atoms with E-state index >= 15 is 0 Å². The van der Waals surface area contributed by atoms with Gasteiger partial charge in [0, 0.05) is 31.6 Å². The highest BCUT2D eigenvalue weighted by molar-refractivity contribution is 7.89. The van der Waals surface area contributed by atoms with E-state index in [1.807, 2.05) is 7.05 Å². The van der Waals surface area contributed by atoms with Crippen molar-refractivity contribution in [2.75, 3.05) is 20.2 Å². The number of hydrogen-bond donors (Lipinski definition) is 3. The molecule has 1 saturated heterocycles. The van der Waals surface area contributed by atoms with Gasteiger partial charge in [0.25, 0.3) is 0 Å². The molecule has 2 heterocycles. The molecule has 1 unspecified atom stereocenters. The third-order valence-corrected chi connectivity index (χ3v) is 4.87. The molecule has 0 saturated carbocycles. The van der Waals surface area contributed by atoms with E-state index < -0.39 is 10.0 Å². The Balaban J connectivity index is 1.83. The van der Waals surface area contributed by atoms with Crippen molar-refractivity contribution in [1.82, 2.24) is 15.0 Å². The molecule has 20 heavy (non-hydrogen) atoms. The number of nitrogens with one attached hydrogen (secondary N) is 3. The molecular weight excluding hydrogens is 278 g/mol.